The van der Waals surface area contributed by atoms with E-state index >= 15 is 0 Å². The lowest BCUT2D eigenvalue weighted by atomic mass is 9.89. The molecule has 2 amide bonds. The number of rotatable bonds is 7. The molecule has 2 aliphatic rings. The second-order valence-corrected chi connectivity index (χ2v) is 10.2. The third kappa shape index (κ3) is 7.62. The largest absolute Gasteiger partial charge is 0.438 e. The molecule has 1 atom stereocenters. The molecule has 0 bridgehead atoms. The van der Waals surface area contributed by atoms with Crippen molar-refractivity contribution in [3.8, 4) is 0 Å². The number of carbonyl (C=O) groups is 2. The molecule has 1 unspecified atom stereocenters. The molecule has 7 nitrogen and oxygen atoms in total. The Bertz CT molecular complexity index is 568. The van der Waals surface area contributed by atoms with Crippen molar-refractivity contribution in [1.29, 1.82) is 0 Å². The summed E-state index contributed by atoms with van der Waals surface area (Å²) in [5.74, 6) is 0.688. The summed E-state index contributed by atoms with van der Waals surface area (Å²) in [4.78, 5) is 27.7. The molecule has 1 saturated carbocycles. The lowest BCUT2D eigenvalue weighted by Gasteiger charge is -2.26. The first kappa shape index (κ1) is 23.0. The number of urea groups is 1. The van der Waals surface area contributed by atoms with Gasteiger partial charge in [-0.3, -0.25) is 4.79 Å². The predicted octanol–water partition coefficient (Wildman–Crippen LogP) is 3.65. The monoisotopic (exact) mass is 412 g/mol. The van der Waals surface area contributed by atoms with E-state index in [0.717, 1.165) is 44.4 Å². The summed E-state index contributed by atoms with van der Waals surface area (Å²) in [7, 11) is 4.00. The Morgan fingerprint density at radius 2 is 1.93 bits per heavy atom. The van der Waals surface area contributed by atoms with Crippen molar-refractivity contribution in [1.82, 2.24) is 15.2 Å². The number of ether oxygens (including phenoxy) is 1. The molecule has 1 aliphatic carbocycles. The van der Waals surface area contributed by atoms with Crippen molar-refractivity contribution < 1.29 is 14.3 Å². The fourth-order valence-electron chi connectivity index (χ4n) is 3.15. The third-order valence-corrected chi connectivity index (χ3v) is 5.74. The van der Waals surface area contributed by atoms with E-state index in [2.05, 4.69) is 36.1 Å². The molecule has 28 heavy (non-hydrogen) atoms. The minimum Gasteiger partial charge on any atom is -0.438 e. The zero-order chi connectivity index (χ0) is 20.7. The number of hydrazone groups is 1. The van der Waals surface area contributed by atoms with Crippen LogP contribution in [0, 0.1) is 5.41 Å². The van der Waals surface area contributed by atoms with Crippen LogP contribution in [0.4, 0.5) is 4.79 Å². The second-order valence-electron chi connectivity index (χ2n) is 9.14. The van der Waals surface area contributed by atoms with Gasteiger partial charge in [0, 0.05) is 24.8 Å². The van der Waals surface area contributed by atoms with E-state index in [1.807, 2.05) is 14.1 Å². The summed E-state index contributed by atoms with van der Waals surface area (Å²) in [5, 5.41) is 9.00. The maximum Gasteiger partial charge on any atom is 0.341 e. The summed E-state index contributed by atoms with van der Waals surface area (Å²) >= 11 is 1.44. The number of carbonyl (C=O) groups excluding carboxylic acids is 2. The maximum absolute atomic E-state index is 12.8. The molecule has 0 spiro atoms. The Labute approximate surface area is 173 Å². The fraction of sp³-hybridized carbons (Fsp3) is 0.850. The molecule has 0 aromatic rings. The van der Waals surface area contributed by atoms with Crippen molar-refractivity contribution in [3.05, 3.63) is 0 Å². The maximum atomic E-state index is 12.8. The zero-order valence-corrected chi connectivity index (χ0v) is 18.8. The van der Waals surface area contributed by atoms with Crippen LogP contribution in [-0.4, -0.2) is 65.6 Å². The van der Waals surface area contributed by atoms with Gasteiger partial charge >= 0.3 is 6.03 Å². The van der Waals surface area contributed by atoms with Gasteiger partial charge in [-0.1, -0.05) is 51.8 Å². The topological polar surface area (TPSA) is 74.2 Å². The van der Waals surface area contributed by atoms with Crippen LogP contribution in [0.1, 0.15) is 65.7 Å². The normalized spacial score (nSPS) is 20.9. The van der Waals surface area contributed by atoms with Gasteiger partial charge in [0.25, 0.3) is 11.5 Å². The van der Waals surface area contributed by atoms with Crippen LogP contribution in [-0.2, 0) is 9.53 Å². The van der Waals surface area contributed by atoms with Gasteiger partial charge in [-0.25, -0.2) is 4.79 Å². The van der Waals surface area contributed by atoms with Crippen molar-refractivity contribution in [2.24, 2.45) is 10.5 Å². The van der Waals surface area contributed by atoms with Crippen molar-refractivity contribution in [3.63, 3.8) is 0 Å². The fourth-order valence-corrected chi connectivity index (χ4v) is 4.09. The molecular weight excluding hydrogens is 376 g/mol. The molecular formula is C20H36N4O3S. The quantitative estimate of drug-likeness (QED) is 0.691. The van der Waals surface area contributed by atoms with Gasteiger partial charge < -0.3 is 15.0 Å². The second kappa shape index (κ2) is 10.5. The van der Waals surface area contributed by atoms with Gasteiger partial charge in [0.15, 0.2) is 5.78 Å². The summed E-state index contributed by atoms with van der Waals surface area (Å²) in [5.41, 5.74) is 0.0492. The summed E-state index contributed by atoms with van der Waals surface area (Å²) in [6.45, 7) is 7.16. The summed E-state index contributed by atoms with van der Waals surface area (Å²) in [6, 6.07) is -0.170. The van der Waals surface area contributed by atoms with Crippen LogP contribution < -0.4 is 5.32 Å². The van der Waals surface area contributed by atoms with Gasteiger partial charge in [-0.15, -0.1) is 5.10 Å². The Hall–Kier alpha value is -1.28. The van der Waals surface area contributed by atoms with E-state index in [4.69, 9.17) is 4.74 Å². The van der Waals surface area contributed by atoms with Crippen LogP contribution in [0.25, 0.3) is 0 Å². The molecule has 8 heteroatoms. The average Bonchev–Trinajstić information content (AvgIpc) is 3.04. The third-order valence-electron chi connectivity index (χ3n) is 4.93. The van der Waals surface area contributed by atoms with Crippen LogP contribution in [0.2, 0.25) is 0 Å². The highest BCUT2D eigenvalue weighted by Crippen LogP contribution is 2.26. The Kier molecular flexibility index (Phi) is 8.61. The molecule has 2 rings (SSSR count). The number of hydrogen-bond acceptors (Lipinski definition) is 6. The summed E-state index contributed by atoms with van der Waals surface area (Å²) < 4.78 is 5.80. The smallest absolute Gasteiger partial charge is 0.341 e. The molecule has 160 valence electrons. The lowest BCUT2D eigenvalue weighted by molar-refractivity contribution is -0.131. The number of Topliss-reactive ketones (excluding diaryl/α,β-unsaturated/α-hetero) is 1. The van der Waals surface area contributed by atoms with Crippen molar-refractivity contribution in [2.75, 3.05) is 26.4 Å². The van der Waals surface area contributed by atoms with Gasteiger partial charge in [0.05, 0.1) is 0 Å². The molecule has 0 aromatic heterocycles. The number of hydrogen-bond donors (Lipinski definition) is 1. The van der Waals surface area contributed by atoms with E-state index in [1.165, 1.54) is 23.2 Å². The van der Waals surface area contributed by atoms with E-state index in [0.29, 0.717) is 11.7 Å². The molecule has 1 N–H and O–H groups in total. The standard InChI is InChI=1S/C20H36N4O3S/c1-20(2,3)12-11-16(25)17-24(18(26)21-15-9-7-6-8-10-15)22-19(27-17)28-14-13-23(4)5/h15,17H,6-14H2,1-5H3,(H,21,26). The highest BCUT2D eigenvalue weighted by atomic mass is 32.2. The van der Waals surface area contributed by atoms with E-state index in [9.17, 15) is 9.59 Å². The Balaban J connectivity index is 2.01. The van der Waals surface area contributed by atoms with Crippen molar-refractivity contribution >= 4 is 28.8 Å². The number of nitrogens with one attached hydrogen (secondary N) is 1. The van der Waals surface area contributed by atoms with E-state index < -0.39 is 6.23 Å². The zero-order valence-electron chi connectivity index (χ0n) is 18.0. The number of thioether (sulfide) groups is 1. The first-order chi connectivity index (χ1) is 13.2. The SMILES string of the molecule is CN(C)CCSC1=NN(C(=O)NC2CCCCC2)C(C(=O)CCC(C)(C)C)O1. The molecule has 1 aliphatic heterocycles. The van der Waals surface area contributed by atoms with Crippen LogP contribution in [0.15, 0.2) is 5.10 Å². The number of amides is 2. The van der Waals surface area contributed by atoms with Crippen LogP contribution >= 0.6 is 11.8 Å². The van der Waals surface area contributed by atoms with Gasteiger partial charge in [0.1, 0.15) is 0 Å². The minimum absolute atomic E-state index is 0.0492. The molecule has 0 radical (unpaired) electrons. The van der Waals surface area contributed by atoms with Gasteiger partial charge in [-0.05, 0) is 38.8 Å². The molecule has 1 heterocycles. The minimum atomic E-state index is -0.951. The van der Waals surface area contributed by atoms with Crippen molar-refractivity contribution in [2.45, 2.75) is 78.0 Å². The summed E-state index contributed by atoms with van der Waals surface area (Å²) in [6.07, 6.45) is 5.60. The molecule has 1 fully saturated rings. The Morgan fingerprint density at radius 1 is 1.25 bits per heavy atom. The molecule has 0 saturated heterocycles. The Morgan fingerprint density at radius 3 is 2.54 bits per heavy atom. The highest BCUT2D eigenvalue weighted by molar-refractivity contribution is 8.13. The van der Waals surface area contributed by atoms with Crippen LogP contribution in [0.5, 0.6) is 0 Å². The number of nitrogens with zero attached hydrogens (tertiary/aromatic N) is 3. The van der Waals surface area contributed by atoms with Gasteiger partial charge in [-0.2, -0.15) is 5.01 Å². The van der Waals surface area contributed by atoms with Gasteiger partial charge in [0.2, 0.25) is 0 Å². The number of ketones is 1. The first-order valence-electron chi connectivity index (χ1n) is 10.3. The first-order valence-corrected chi connectivity index (χ1v) is 11.3. The lowest BCUT2D eigenvalue weighted by Crippen LogP contribution is -2.48. The van der Waals surface area contributed by atoms with E-state index in [1.54, 1.807) is 0 Å². The predicted molar refractivity (Wildman–Crippen MR) is 114 cm³/mol. The van der Waals surface area contributed by atoms with E-state index in [-0.39, 0.29) is 23.3 Å². The molecule has 0 aromatic carbocycles. The van der Waals surface area contributed by atoms with Crippen LogP contribution in [0.3, 0.4) is 0 Å². The highest BCUT2D eigenvalue weighted by Gasteiger charge is 2.39. The average molecular weight is 413 g/mol.